The Morgan fingerprint density at radius 2 is 2.00 bits per heavy atom. The van der Waals surface area contributed by atoms with Crippen LogP contribution in [0.15, 0.2) is 4.99 Å². The minimum atomic E-state index is 0. The standard InChI is InChI=1S/C14H25N3O2.HI/c1-15-14(16-9-10-4-6-18-7-5-10)17-12-8-11-2-3-13(12)19-11;/h10-13H,2-9H2,1H3,(H2,15,16,17);1H. The molecule has 0 aromatic heterocycles. The summed E-state index contributed by atoms with van der Waals surface area (Å²) in [5.74, 6) is 1.64. The Morgan fingerprint density at radius 3 is 2.60 bits per heavy atom. The lowest BCUT2D eigenvalue weighted by Crippen LogP contribution is -2.48. The number of halogens is 1. The highest BCUT2D eigenvalue weighted by molar-refractivity contribution is 14.0. The fraction of sp³-hybridized carbons (Fsp3) is 0.929. The SMILES string of the molecule is CN=C(NCC1CCOCC1)NC1CC2CCC1O2.I. The summed E-state index contributed by atoms with van der Waals surface area (Å²) < 4.78 is 11.2. The van der Waals surface area contributed by atoms with Gasteiger partial charge in [0.1, 0.15) is 0 Å². The smallest absolute Gasteiger partial charge is 0.191 e. The molecule has 0 aromatic rings. The molecule has 116 valence electrons. The molecule has 0 radical (unpaired) electrons. The molecule has 0 saturated carbocycles. The van der Waals surface area contributed by atoms with Gasteiger partial charge in [-0.25, -0.2) is 0 Å². The maximum Gasteiger partial charge on any atom is 0.191 e. The fourth-order valence-electron chi connectivity index (χ4n) is 3.35. The molecule has 5 nitrogen and oxygen atoms in total. The van der Waals surface area contributed by atoms with Crippen molar-refractivity contribution in [3.63, 3.8) is 0 Å². The van der Waals surface area contributed by atoms with Crippen LogP contribution in [-0.2, 0) is 9.47 Å². The maximum absolute atomic E-state index is 5.86. The predicted octanol–water partition coefficient (Wildman–Crippen LogP) is 1.52. The van der Waals surface area contributed by atoms with Crippen molar-refractivity contribution in [1.82, 2.24) is 10.6 Å². The van der Waals surface area contributed by atoms with Crippen molar-refractivity contribution in [2.24, 2.45) is 10.9 Å². The lowest BCUT2D eigenvalue weighted by Gasteiger charge is -2.26. The van der Waals surface area contributed by atoms with Gasteiger partial charge in [0.25, 0.3) is 0 Å². The van der Waals surface area contributed by atoms with Crippen molar-refractivity contribution in [3.05, 3.63) is 0 Å². The highest BCUT2D eigenvalue weighted by Crippen LogP contribution is 2.34. The van der Waals surface area contributed by atoms with Crippen LogP contribution < -0.4 is 10.6 Å². The maximum atomic E-state index is 5.86. The molecule has 3 rings (SSSR count). The molecule has 3 aliphatic rings. The van der Waals surface area contributed by atoms with E-state index < -0.39 is 0 Å². The number of ether oxygens (including phenoxy) is 2. The third-order valence-corrected chi connectivity index (χ3v) is 4.55. The second-order valence-corrected chi connectivity index (χ2v) is 5.87. The van der Waals surface area contributed by atoms with E-state index >= 15 is 0 Å². The summed E-state index contributed by atoms with van der Waals surface area (Å²) >= 11 is 0. The number of fused-ring (bicyclic) bond motifs is 2. The molecule has 0 aromatic carbocycles. The Labute approximate surface area is 138 Å². The summed E-state index contributed by atoms with van der Waals surface area (Å²) in [5.41, 5.74) is 0. The van der Waals surface area contributed by atoms with Gasteiger partial charge in [0, 0.05) is 26.8 Å². The largest absolute Gasteiger partial charge is 0.381 e. The normalized spacial score (nSPS) is 33.9. The van der Waals surface area contributed by atoms with Crippen molar-refractivity contribution in [1.29, 1.82) is 0 Å². The molecule has 0 amide bonds. The molecular formula is C14H26IN3O2. The molecule has 0 aliphatic carbocycles. The predicted molar refractivity (Wildman–Crippen MR) is 89.8 cm³/mol. The minimum Gasteiger partial charge on any atom is -0.381 e. The molecule has 2 bridgehead atoms. The zero-order chi connectivity index (χ0) is 13.1. The van der Waals surface area contributed by atoms with Crippen LogP contribution in [0.5, 0.6) is 0 Å². The number of hydrogen-bond acceptors (Lipinski definition) is 3. The second kappa shape index (κ2) is 7.79. The number of nitrogens with one attached hydrogen (secondary N) is 2. The van der Waals surface area contributed by atoms with E-state index in [1.54, 1.807) is 0 Å². The topological polar surface area (TPSA) is 54.9 Å². The van der Waals surface area contributed by atoms with Crippen molar-refractivity contribution in [2.45, 2.75) is 50.4 Å². The van der Waals surface area contributed by atoms with Crippen LogP contribution in [0.1, 0.15) is 32.1 Å². The Balaban J connectivity index is 0.00000147. The first-order chi connectivity index (χ1) is 9.35. The van der Waals surface area contributed by atoms with Crippen molar-refractivity contribution in [2.75, 3.05) is 26.8 Å². The van der Waals surface area contributed by atoms with E-state index in [1.165, 1.54) is 12.8 Å². The van der Waals surface area contributed by atoms with Crippen LogP contribution in [0.2, 0.25) is 0 Å². The first-order valence-corrected chi connectivity index (χ1v) is 7.55. The molecule has 20 heavy (non-hydrogen) atoms. The first-order valence-electron chi connectivity index (χ1n) is 7.55. The van der Waals surface area contributed by atoms with Crippen molar-refractivity contribution < 1.29 is 9.47 Å². The molecule has 0 spiro atoms. The fourth-order valence-corrected chi connectivity index (χ4v) is 3.35. The zero-order valence-corrected chi connectivity index (χ0v) is 14.5. The Bertz CT molecular complexity index is 334. The average molecular weight is 395 g/mol. The van der Waals surface area contributed by atoms with Crippen LogP contribution in [-0.4, -0.2) is 51.0 Å². The van der Waals surface area contributed by atoms with Crippen LogP contribution >= 0.6 is 24.0 Å². The summed E-state index contributed by atoms with van der Waals surface area (Å²) in [6.45, 7) is 2.79. The molecule has 3 fully saturated rings. The lowest BCUT2D eigenvalue weighted by molar-refractivity contribution is 0.0675. The quantitative estimate of drug-likeness (QED) is 0.432. The van der Waals surface area contributed by atoms with Gasteiger partial charge < -0.3 is 20.1 Å². The van der Waals surface area contributed by atoms with Gasteiger partial charge in [0.2, 0.25) is 0 Å². The highest BCUT2D eigenvalue weighted by Gasteiger charge is 2.41. The first kappa shape index (κ1) is 16.3. The van der Waals surface area contributed by atoms with Crippen molar-refractivity contribution >= 4 is 29.9 Å². The van der Waals surface area contributed by atoms with E-state index in [1.807, 2.05) is 7.05 Å². The van der Waals surface area contributed by atoms with E-state index in [0.29, 0.717) is 24.2 Å². The molecule has 3 aliphatic heterocycles. The van der Waals surface area contributed by atoms with E-state index in [4.69, 9.17) is 9.47 Å². The average Bonchev–Trinajstić information content (AvgIpc) is 3.07. The van der Waals surface area contributed by atoms with Crippen LogP contribution in [0, 0.1) is 5.92 Å². The van der Waals surface area contributed by atoms with Gasteiger partial charge in [-0.2, -0.15) is 0 Å². The van der Waals surface area contributed by atoms with Gasteiger partial charge in [0.15, 0.2) is 5.96 Å². The molecule has 6 heteroatoms. The number of aliphatic imine (C=N–C) groups is 1. The number of nitrogens with zero attached hydrogens (tertiary/aromatic N) is 1. The second-order valence-electron chi connectivity index (χ2n) is 5.87. The summed E-state index contributed by atoms with van der Waals surface area (Å²) in [7, 11) is 1.84. The number of rotatable bonds is 3. The van der Waals surface area contributed by atoms with Crippen molar-refractivity contribution in [3.8, 4) is 0 Å². The summed E-state index contributed by atoms with van der Waals surface area (Å²) in [6.07, 6.45) is 6.74. The van der Waals surface area contributed by atoms with Gasteiger partial charge >= 0.3 is 0 Å². The Morgan fingerprint density at radius 1 is 1.20 bits per heavy atom. The van der Waals surface area contributed by atoms with E-state index in [-0.39, 0.29) is 24.0 Å². The molecule has 3 atom stereocenters. The Kier molecular flexibility index (Phi) is 6.35. The number of guanidine groups is 1. The van der Waals surface area contributed by atoms with Gasteiger partial charge in [-0.15, -0.1) is 24.0 Å². The Hall–Kier alpha value is -0.0800. The third-order valence-electron chi connectivity index (χ3n) is 4.55. The summed E-state index contributed by atoms with van der Waals surface area (Å²) in [4.78, 5) is 4.33. The zero-order valence-electron chi connectivity index (χ0n) is 12.1. The third kappa shape index (κ3) is 3.98. The molecular weight excluding hydrogens is 369 g/mol. The summed E-state index contributed by atoms with van der Waals surface area (Å²) in [6, 6.07) is 0.444. The molecule has 3 heterocycles. The molecule has 2 N–H and O–H groups in total. The van der Waals surface area contributed by atoms with E-state index in [9.17, 15) is 0 Å². The van der Waals surface area contributed by atoms with Gasteiger partial charge in [-0.3, -0.25) is 4.99 Å². The molecule has 3 saturated heterocycles. The van der Waals surface area contributed by atoms with Crippen LogP contribution in [0.25, 0.3) is 0 Å². The summed E-state index contributed by atoms with van der Waals surface area (Å²) in [5, 5.41) is 6.97. The van der Waals surface area contributed by atoms with Crippen LogP contribution in [0.4, 0.5) is 0 Å². The van der Waals surface area contributed by atoms with E-state index in [0.717, 1.165) is 45.0 Å². The lowest BCUT2D eigenvalue weighted by atomic mass is 9.95. The molecule has 3 unspecified atom stereocenters. The van der Waals surface area contributed by atoms with Crippen LogP contribution in [0.3, 0.4) is 0 Å². The van der Waals surface area contributed by atoms with Gasteiger partial charge in [-0.1, -0.05) is 0 Å². The monoisotopic (exact) mass is 395 g/mol. The highest BCUT2D eigenvalue weighted by atomic mass is 127. The van der Waals surface area contributed by atoms with Gasteiger partial charge in [-0.05, 0) is 38.0 Å². The van der Waals surface area contributed by atoms with E-state index in [2.05, 4.69) is 15.6 Å². The number of hydrogen-bond donors (Lipinski definition) is 2. The van der Waals surface area contributed by atoms with Gasteiger partial charge in [0.05, 0.1) is 18.2 Å². The minimum absolute atomic E-state index is 0.